The molecule has 6 heteroatoms. The van der Waals surface area contributed by atoms with Crippen LogP contribution in [0.4, 0.5) is 4.39 Å². The zero-order valence-corrected chi connectivity index (χ0v) is 14.6. The van der Waals surface area contributed by atoms with Gasteiger partial charge in [-0.2, -0.15) is 0 Å². The summed E-state index contributed by atoms with van der Waals surface area (Å²) in [4.78, 5) is 0. The Morgan fingerprint density at radius 1 is 1.35 bits per heavy atom. The Labute approximate surface area is 140 Å². The van der Waals surface area contributed by atoms with E-state index in [4.69, 9.17) is 23.2 Å². The summed E-state index contributed by atoms with van der Waals surface area (Å²) < 4.78 is 15.3. The molecule has 0 aliphatic carbocycles. The maximum atomic E-state index is 13.1. The van der Waals surface area contributed by atoms with Crippen LogP contribution in [0.25, 0.3) is 0 Å². The van der Waals surface area contributed by atoms with Crippen molar-refractivity contribution >= 4 is 50.5 Å². The van der Waals surface area contributed by atoms with Gasteiger partial charge in [-0.05, 0) is 36.7 Å². The molecule has 0 amide bonds. The van der Waals surface area contributed by atoms with Gasteiger partial charge in [0.1, 0.15) is 5.82 Å². The first kappa shape index (κ1) is 16.2. The van der Waals surface area contributed by atoms with Crippen LogP contribution in [0.15, 0.2) is 28.7 Å². The zero-order chi connectivity index (χ0) is 14.7. The Hall–Kier alpha value is -0.130. The number of halogens is 4. The van der Waals surface area contributed by atoms with Crippen LogP contribution in [-0.2, 0) is 6.42 Å². The first-order valence-corrected chi connectivity index (χ1v) is 8.49. The lowest BCUT2D eigenvalue weighted by Crippen LogP contribution is -2.23. The predicted molar refractivity (Wildman–Crippen MR) is 88.6 cm³/mol. The highest BCUT2D eigenvalue weighted by molar-refractivity contribution is 9.10. The Kier molecular flexibility index (Phi) is 5.87. The summed E-state index contributed by atoms with van der Waals surface area (Å²) in [5.74, 6) is -0.253. The van der Waals surface area contributed by atoms with Gasteiger partial charge in [0.05, 0.1) is 8.67 Å². The van der Waals surface area contributed by atoms with E-state index < -0.39 is 0 Å². The van der Waals surface area contributed by atoms with Crippen LogP contribution >= 0.6 is 50.5 Å². The molecule has 0 saturated carbocycles. The molecule has 108 valence electrons. The van der Waals surface area contributed by atoms with Gasteiger partial charge in [-0.1, -0.05) is 52.1 Å². The first-order chi connectivity index (χ1) is 9.51. The lowest BCUT2D eigenvalue weighted by Gasteiger charge is -2.18. The van der Waals surface area contributed by atoms with Crippen LogP contribution in [-0.4, -0.2) is 6.54 Å². The molecule has 0 fully saturated rings. The van der Waals surface area contributed by atoms with Crippen LogP contribution in [0.5, 0.6) is 0 Å². The van der Waals surface area contributed by atoms with E-state index >= 15 is 0 Å². The molecule has 2 rings (SSSR count). The van der Waals surface area contributed by atoms with Gasteiger partial charge in [0.15, 0.2) is 0 Å². The van der Waals surface area contributed by atoms with Gasteiger partial charge in [0, 0.05) is 16.1 Å². The molecule has 0 bridgehead atoms. The maximum Gasteiger partial charge on any atom is 0.124 e. The Balaban J connectivity index is 2.27. The normalized spacial score (nSPS) is 12.7. The number of nitrogens with one attached hydrogen (secondary N) is 1. The van der Waals surface area contributed by atoms with E-state index in [2.05, 4.69) is 21.2 Å². The summed E-state index contributed by atoms with van der Waals surface area (Å²) in [7, 11) is 0. The molecular formula is C14H13BrCl2FNS. The van der Waals surface area contributed by atoms with Gasteiger partial charge in [0.25, 0.3) is 0 Å². The standard InChI is InChI=1S/C14H13BrCl2FNS/c1-2-19-12(10-7-13(16)20-14(10)17)5-8-3-4-9(18)6-11(8)15/h3-4,6-7,12,19H,2,5H2,1H3. The molecule has 20 heavy (non-hydrogen) atoms. The maximum absolute atomic E-state index is 13.1. The highest BCUT2D eigenvalue weighted by Crippen LogP contribution is 2.36. The number of rotatable bonds is 5. The average molecular weight is 397 g/mol. The second kappa shape index (κ2) is 7.23. The van der Waals surface area contributed by atoms with Crippen molar-refractivity contribution in [2.75, 3.05) is 6.54 Å². The summed E-state index contributed by atoms with van der Waals surface area (Å²) in [5, 5.41) is 3.39. The van der Waals surface area contributed by atoms with Crippen LogP contribution in [0.3, 0.4) is 0 Å². The lowest BCUT2D eigenvalue weighted by molar-refractivity contribution is 0.549. The molecule has 0 aliphatic rings. The van der Waals surface area contributed by atoms with Crippen molar-refractivity contribution in [2.24, 2.45) is 0 Å². The molecule has 1 heterocycles. The summed E-state index contributed by atoms with van der Waals surface area (Å²) in [6.07, 6.45) is 0.710. The Bertz CT molecular complexity index is 603. The number of hydrogen-bond acceptors (Lipinski definition) is 2. The van der Waals surface area contributed by atoms with E-state index in [-0.39, 0.29) is 11.9 Å². The van der Waals surface area contributed by atoms with E-state index in [9.17, 15) is 4.39 Å². The second-order valence-electron chi connectivity index (χ2n) is 4.33. The summed E-state index contributed by atoms with van der Waals surface area (Å²) in [5.41, 5.74) is 2.01. The third-order valence-corrected chi connectivity index (χ3v) is 5.20. The molecule has 1 atom stereocenters. The minimum absolute atomic E-state index is 0.0537. The SMILES string of the molecule is CCNC(Cc1ccc(F)cc1Br)c1cc(Cl)sc1Cl. The Morgan fingerprint density at radius 2 is 2.10 bits per heavy atom. The van der Waals surface area contributed by atoms with Crippen molar-refractivity contribution in [3.63, 3.8) is 0 Å². The zero-order valence-electron chi connectivity index (χ0n) is 10.7. The molecular weight excluding hydrogens is 384 g/mol. The van der Waals surface area contributed by atoms with Crippen LogP contribution in [0.1, 0.15) is 24.1 Å². The van der Waals surface area contributed by atoms with Crippen LogP contribution < -0.4 is 5.32 Å². The summed E-state index contributed by atoms with van der Waals surface area (Å²) in [6.45, 7) is 2.85. The van der Waals surface area contributed by atoms with E-state index in [0.717, 1.165) is 22.1 Å². The smallest absolute Gasteiger partial charge is 0.124 e. The van der Waals surface area contributed by atoms with E-state index in [1.165, 1.54) is 23.5 Å². The van der Waals surface area contributed by atoms with Crippen molar-refractivity contribution in [3.8, 4) is 0 Å². The summed E-state index contributed by atoms with van der Waals surface area (Å²) in [6, 6.07) is 6.66. The van der Waals surface area contributed by atoms with Crippen molar-refractivity contribution < 1.29 is 4.39 Å². The van der Waals surface area contributed by atoms with E-state index in [0.29, 0.717) is 15.1 Å². The number of benzene rings is 1. The molecule has 1 aromatic carbocycles. The number of hydrogen-bond donors (Lipinski definition) is 1. The molecule has 0 saturated heterocycles. The van der Waals surface area contributed by atoms with Gasteiger partial charge >= 0.3 is 0 Å². The van der Waals surface area contributed by atoms with Crippen LogP contribution in [0, 0.1) is 5.82 Å². The Morgan fingerprint density at radius 3 is 2.65 bits per heavy atom. The van der Waals surface area contributed by atoms with Gasteiger partial charge in [0.2, 0.25) is 0 Å². The third-order valence-electron chi connectivity index (χ3n) is 2.95. The molecule has 2 aromatic rings. The molecule has 0 spiro atoms. The lowest BCUT2D eigenvalue weighted by atomic mass is 10.0. The third kappa shape index (κ3) is 3.95. The van der Waals surface area contributed by atoms with Gasteiger partial charge in [-0.25, -0.2) is 4.39 Å². The average Bonchev–Trinajstić information content (AvgIpc) is 2.71. The van der Waals surface area contributed by atoms with Crippen molar-refractivity contribution in [2.45, 2.75) is 19.4 Å². The van der Waals surface area contributed by atoms with Crippen LogP contribution in [0.2, 0.25) is 8.67 Å². The molecule has 1 nitrogen and oxygen atoms in total. The monoisotopic (exact) mass is 395 g/mol. The van der Waals surface area contributed by atoms with Gasteiger partial charge in [-0.15, -0.1) is 11.3 Å². The first-order valence-electron chi connectivity index (χ1n) is 6.13. The molecule has 1 aromatic heterocycles. The quantitative estimate of drug-likeness (QED) is 0.668. The number of likely N-dealkylation sites (N-methyl/N-ethyl adjacent to an activating group) is 1. The largest absolute Gasteiger partial charge is 0.310 e. The van der Waals surface area contributed by atoms with Gasteiger partial charge < -0.3 is 5.32 Å². The molecule has 0 radical (unpaired) electrons. The fourth-order valence-electron chi connectivity index (χ4n) is 2.04. The fraction of sp³-hybridized carbons (Fsp3) is 0.286. The topological polar surface area (TPSA) is 12.0 Å². The van der Waals surface area contributed by atoms with Crippen molar-refractivity contribution in [1.29, 1.82) is 0 Å². The molecule has 1 unspecified atom stereocenters. The molecule has 0 aliphatic heterocycles. The van der Waals surface area contributed by atoms with Crippen molar-refractivity contribution in [1.82, 2.24) is 5.32 Å². The minimum Gasteiger partial charge on any atom is -0.310 e. The van der Waals surface area contributed by atoms with Gasteiger partial charge in [-0.3, -0.25) is 0 Å². The second-order valence-corrected chi connectivity index (χ2v) is 7.47. The summed E-state index contributed by atoms with van der Waals surface area (Å²) >= 11 is 17.0. The van der Waals surface area contributed by atoms with E-state index in [1.807, 2.05) is 13.0 Å². The predicted octanol–water partition coefficient (Wildman–Crippen LogP) is 5.85. The fourth-order valence-corrected chi connectivity index (χ4v) is 4.13. The minimum atomic E-state index is -0.253. The number of thiophene rings is 1. The highest BCUT2D eigenvalue weighted by atomic mass is 79.9. The molecule has 1 N–H and O–H groups in total. The van der Waals surface area contributed by atoms with E-state index in [1.54, 1.807) is 6.07 Å². The highest BCUT2D eigenvalue weighted by Gasteiger charge is 2.18. The van der Waals surface area contributed by atoms with Crippen molar-refractivity contribution in [3.05, 3.63) is 54.4 Å².